The van der Waals surface area contributed by atoms with Gasteiger partial charge in [0.25, 0.3) is 0 Å². The van der Waals surface area contributed by atoms with Gasteiger partial charge in [0.15, 0.2) is 0 Å². The first kappa shape index (κ1) is 13.6. The van der Waals surface area contributed by atoms with Gasteiger partial charge >= 0.3 is 0 Å². The Kier molecular flexibility index (Phi) is 5.01. The van der Waals surface area contributed by atoms with Crippen LogP contribution in [0.25, 0.3) is 0 Å². The summed E-state index contributed by atoms with van der Waals surface area (Å²) in [6, 6.07) is 7.93. The molecule has 0 heterocycles. The first-order chi connectivity index (χ1) is 8.02. The van der Waals surface area contributed by atoms with E-state index in [4.69, 9.17) is 0 Å². The maximum atomic E-state index is 11.6. The molecule has 0 aromatic heterocycles. The van der Waals surface area contributed by atoms with Gasteiger partial charge < -0.3 is 10.2 Å². The quantitative estimate of drug-likeness (QED) is 0.849. The fourth-order valence-electron chi connectivity index (χ4n) is 1.56. The second kappa shape index (κ2) is 6.28. The Morgan fingerprint density at radius 3 is 2.35 bits per heavy atom. The summed E-state index contributed by atoms with van der Waals surface area (Å²) >= 11 is 0. The predicted molar refractivity (Wildman–Crippen MR) is 73.5 cm³/mol. The Labute approximate surface area is 104 Å². The average molecular weight is 234 g/mol. The lowest BCUT2D eigenvalue weighted by atomic mass is 10.1. The van der Waals surface area contributed by atoms with Crippen LogP contribution in [0.15, 0.2) is 24.3 Å². The van der Waals surface area contributed by atoms with Crippen LogP contribution in [0.4, 0.5) is 11.4 Å². The van der Waals surface area contributed by atoms with Gasteiger partial charge in [0.05, 0.1) is 0 Å². The number of hydrogen-bond acceptors (Lipinski definition) is 2. The summed E-state index contributed by atoms with van der Waals surface area (Å²) in [6.45, 7) is 7.16. The highest BCUT2D eigenvalue weighted by atomic mass is 16.1. The normalized spacial score (nSPS) is 10.4. The molecule has 0 spiro atoms. The first-order valence-electron chi connectivity index (χ1n) is 6.14. The number of benzene rings is 1. The molecule has 0 fully saturated rings. The number of nitrogens with one attached hydrogen (secondary N) is 1. The second-order valence-electron chi connectivity index (χ2n) is 4.71. The van der Waals surface area contributed by atoms with Crippen LogP contribution < -0.4 is 10.2 Å². The van der Waals surface area contributed by atoms with Gasteiger partial charge in [-0.3, -0.25) is 4.79 Å². The number of rotatable bonds is 5. The number of amides is 1. The Bertz CT molecular complexity index is 357. The minimum absolute atomic E-state index is 0.0802. The van der Waals surface area contributed by atoms with Crippen LogP contribution in [-0.2, 0) is 4.79 Å². The van der Waals surface area contributed by atoms with Crippen molar-refractivity contribution >= 4 is 17.3 Å². The van der Waals surface area contributed by atoms with Gasteiger partial charge in [-0.1, -0.05) is 13.8 Å². The third-order valence-corrected chi connectivity index (χ3v) is 2.66. The van der Waals surface area contributed by atoms with E-state index >= 15 is 0 Å². The fraction of sp³-hybridized carbons (Fsp3) is 0.500. The smallest absolute Gasteiger partial charge is 0.224 e. The van der Waals surface area contributed by atoms with E-state index in [2.05, 4.69) is 17.1 Å². The SMILES string of the molecule is CCN(C)c1ccc(NC(=O)CC(C)C)cc1. The van der Waals surface area contributed by atoms with Crippen LogP contribution in [0.3, 0.4) is 0 Å². The van der Waals surface area contributed by atoms with Gasteiger partial charge in [-0.25, -0.2) is 0 Å². The molecule has 1 N–H and O–H groups in total. The van der Waals surface area contributed by atoms with Crippen LogP contribution in [0.2, 0.25) is 0 Å². The van der Waals surface area contributed by atoms with E-state index in [1.54, 1.807) is 0 Å². The van der Waals surface area contributed by atoms with Crippen molar-refractivity contribution in [2.24, 2.45) is 5.92 Å². The zero-order valence-electron chi connectivity index (χ0n) is 11.2. The molecule has 1 amide bonds. The van der Waals surface area contributed by atoms with E-state index in [9.17, 15) is 4.79 Å². The average Bonchev–Trinajstić information content (AvgIpc) is 2.28. The van der Waals surface area contributed by atoms with Gasteiger partial charge in [0.1, 0.15) is 0 Å². The second-order valence-corrected chi connectivity index (χ2v) is 4.71. The summed E-state index contributed by atoms with van der Waals surface area (Å²) in [4.78, 5) is 13.7. The molecule has 17 heavy (non-hydrogen) atoms. The van der Waals surface area contributed by atoms with Gasteiger partial charge in [-0.2, -0.15) is 0 Å². The molecule has 0 saturated heterocycles. The minimum atomic E-state index is 0.0802. The third-order valence-electron chi connectivity index (χ3n) is 2.66. The first-order valence-corrected chi connectivity index (χ1v) is 6.14. The van der Waals surface area contributed by atoms with Gasteiger partial charge in [0.2, 0.25) is 5.91 Å². The lowest BCUT2D eigenvalue weighted by Crippen LogP contribution is -2.16. The largest absolute Gasteiger partial charge is 0.375 e. The molecule has 1 aromatic rings. The van der Waals surface area contributed by atoms with Crippen LogP contribution >= 0.6 is 0 Å². The van der Waals surface area contributed by atoms with Crippen molar-refractivity contribution < 1.29 is 4.79 Å². The number of anilines is 2. The predicted octanol–water partition coefficient (Wildman–Crippen LogP) is 3.13. The van der Waals surface area contributed by atoms with Gasteiger partial charge in [-0.05, 0) is 37.1 Å². The highest BCUT2D eigenvalue weighted by Crippen LogP contribution is 2.17. The van der Waals surface area contributed by atoms with Crippen LogP contribution in [-0.4, -0.2) is 19.5 Å². The summed E-state index contributed by atoms with van der Waals surface area (Å²) in [5.41, 5.74) is 2.03. The van der Waals surface area contributed by atoms with E-state index in [1.807, 2.05) is 45.2 Å². The number of nitrogens with zero attached hydrogens (tertiary/aromatic N) is 1. The molecule has 0 aliphatic carbocycles. The zero-order chi connectivity index (χ0) is 12.8. The minimum Gasteiger partial charge on any atom is -0.375 e. The van der Waals surface area contributed by atoms with Crippen molar-refractivity contribution in [3.63, 3.8) is 0 Å². The molecule has 0 unspecified atom stereocenters. The van der Waals surface area contributed by atoms with E-state index in [1.165, 1.54) is 0 Å². The topological polar surface area (TPSA) is 32.3 Å². The van der Waals surface area contributed by atoms with E-state index in [0.717, 1.165) is 17.9 Å². The van der Waals surface area contributed by atoms with Crippen LogP contribution in [0, 0.1) is 5.92 Å². The van der Waals surface area contributed by atoms with Crippen LogP contribution in [0.1, 0.15) is 27.2 Å². The molecule has 3 heteroatoms. The highest BCUT2D eigenvalue weighted by molar-refractivity contribution is 5.90. The Balaban J connectivity index is 2.59. The van der Waals surface area contributed by atoms with Crippen LogP contribution in [0.5, 0.6) is 0 Å². The molecule has 1 aromatic carbocycles. The van der Waals surface area contributed by atoms with E-state index < -0.39 is 0 Å². The molecule has 0 bridgehead atoms. The Hall–Kier alpha value is -1.51. The fourth-order valence-corrected chi connectivity index (χ4v) is 1.56. The maximum Gasteiger partial charge on any atom is 0.224 e. The molecule has 0 atom stereocenters. The third kappa shape index (κ3) is 4.47. The number of carbonyl (C=O) groups is 1. The molecular weight excluding hydrogens is 212 g/mol. The van der Waals surface area contributed by atoms with E-state index in [0.29, 0.717) is 12.3 Å². The molecule has 0 radical (unpaired) electrons. The molecular formula is C14H22N2O. The summed E-state index contributed by atoms with van der Waals surface area (Å²) in [5, 5.41) is 2.90. The Morgan fingerprint density at radius 2 is 1.88 bits per heavy atom. The summed E-state index contributed by atoms with van der Waals surface area (Å²) < 4.78 is 0. The number of hydrogen-bond donors (Lipinski definition) is 1. The van der Waals surface area contributed by atoms with Crippen molar-refractivity contribution in [3.05, 3.63) is 24.3 Å². The maximum absolute atomic E-state index is 11.6. The number of carbonyl (C=O) groups excluding carboxylic acids is 1. The lowest BCUT2D eigenvalue weighted by molar-refractivity contribution is -0.116. The highest BCUT2D eigenvalue weighted by Gasteiger charge is 2.05. The molecule has 3 nitrogen and oxygen atoms in total. The molecule has 0 saturated carbocycles. The van der Waals surface area contributed by atoms with Gasteiger partial charge in [-0.15, -0.1) is 0 Å². The summed E-state index contributed by atoms with van der Waals surface area (Å²) in [6.07, 6.45) is 0.566. The van der Waals surface area contributed by atoms with Crippen molar-refractivity contribution in [2.75, 3.05) is 23.8 Å². The van der Waals surface area contributed by atoms with Crippen molar-refractivity contribution in [1.82, 2.24) is 0 Å². The standard InChI is InChI=1S/C14H22N2O/c1-5-16(4)13-8-6-12(7-9-13)15-14(17)10-11(2)3/h6-9,11H,5,10H2,1-4H3,(H,15,17). The molecule has 0 aliphatic heterocycles. The lowest BCUT2D eigenvalue weighted by Gasteiger charge is -2.17. The van der Waals surface area contributed by atoms with Crippen molar-refractivity contribution in [2.45, 2.75) is 27.2 Å². The van der Waals surface area contributed by atoms with Crippen molar-refractivity contribution in [1.29, 1.82) is 0 Å². The Morgan fingerprint density at radius 1 is 1.29 bits per heavy atom. The van der Waals surface area contributed by atoms with Crippen molar-refractivity contribution in [3.8, 4) is 0 Å². The zero-order valence-corrected chi connectivity index (χ0v) is 11.2. The molecule has 1 rings (SSSR count). The molecule has 94 valence electrons. The van der Waals surface area contributed by atoms with Gasteiger partial charge in [0, 0.05) is 31.4 Å². The summed E-state index contributed by atoms with van der Waals surface area (Å²) in [5.74, 6) is 0.470. The monoisotopic (exact) mass is 234 g/mol. The summed E-state index contributed by atoms with van der Waals surface area (Å²) in [7, 11) is 2.05. The molecule has 0 aliphatic rings. The van der Waals surface area contributed by atoms with E-state index in [-0.39, 0.29) is 5.91 Å².